The predicted molar refractivity (Wildman–Crippen MR) is 174 cm³/mol. The normalized spacial score (nSPS) is 19.0. The number of rotatable bonds is 14. The Morgan fingerprint density at radius 2 is 1.63 bits per heavy atom. The lowest BCUT2D eigenvalue weighted by Gasteiger charge is -2.32. The highest BCUT2D eigenvalue weighted by atomic mass is 16.5. The quantitative estimate of drug-likeness (QED) is 0.179. The van der Waals surface area contributed by atoms with E-state index in [1.54, 1.807) is 0 Å². The van der Waals surface area contributed by atoms with E-state index in [1.165, 1.54) is 0 Å². The molecule has 4 unspecified atom stereocenters. The van der Waals surface area contributed by atoms with E-state index in [2.05, 4.69) is 26.0 Å². The molecule has 4 rings (SSSR count). The summed E-state index contributed by atoms with van der Waals surface area (Å²) in [6, 6.07) is 23.9. The van der Waals surface area contributed by atoms with Gasteiger partial charge in [-0.25, -0.2) is 0 Å². The van der Waals surface area contributed by atoms with E-state index >= 15 is 0 Å². The zero-order valence-corrected chi connectivity index (χ0v) is 26.8. The molecule has 0 spiro atoms. The zero-order valence-electron chi connectivity index (χ0n) is 26.8. The standard InChI is InChI=1S/C39H48O4/c1-7-43-32-17-12-16-30(24-32)19-20-35(40)37-34(21-22-39(37,5)6)38(42)28(4)31(23-29-14-9-8-10-15-29)25-36(41)33-18-11-13-26(2)27(33)3/h8-18,24,28,31,34,37H,7,19-23,25H2,1-6H3. The number of Topliss-reactive ketones (excluding diaryl/α,β-unsaturated/α-hetero) is 3. The molecule has 3 aromatic rings. The van der Waals surface area contributed by atoms with E-state index < -0.39 is 0 Å². The zero-order chi connectivity index (χ0) is 31.1. The van der Waals surface area contributed by atoms with Gasteiger partial charge in [0.2, 0.25) is 0 Å². The summed E-state index contributed by atoms with van der Waals surface area (Å²) in [5.74, 6) is 0.0733. The Bertz CT molecular complexity index is 1420. The number of hydrogen-bond donors (Lipinski definition) is 0. The minimum atomic E-state index is -0.341. The van der Waals surface area contributed by atoms with Crippen molar-refractivity contribution in [1.29, 1.82) is 0 Å². The molecule has 0 saturated heterocycles. The van der Waals surface area contributed by atoms with Crippen molar-refractivity contribution < 1.29 is 19.1 Å². The summed E-state index contributed by atoms with van der Waals surface area (Å²) in [7, 11) is 0. The molecule has 0 radical (unpaired) electrons. The maximum absolute atomic E-state index is 14.3. The molecule has 0 bridgehead atoms. The molecular formula is C39H48O4. The van der Waals surface area contributed by atoms with Crippen LogP contribution in [0.25, 0.3) is 0 Å². The third kappa shape index (κ3) is 7.90. The van der Waals surface area contributed by atoms with Crippen LogP contribution in [0.2, 0.25) is 0 Å². The maximum atomic E-state index is 14.3. The minimum absolute atomic E-state index is 0.0791. The largest absolute Gasteiger partial charge is 0.494 e. The maximum Gasteiger partial charge on any atom is 0.163 e. The van der Waals surface area contributed by atoms with Crippen molar-refractivity contribution in [3.8, 4) is 5.75 Å². The first-order chi connectivity index (χ1) is 20.5. The highest BCUT2D eigenvalue weighted by Gasteiger charge is 2.49. The Kier molecular flexibility index (Phi) is 10.8. The summed E-state index contributed by atoms with van der Waals surface area (Å²) >= 11 is 0. The van der Waals surface area contributed by atoms with Gasteiger partial charge in [-0.1, -0.05) is 81.4 Å². The summed E-state index contributed by atoms with van der Waals surface area (Å²) in [6.45, 7) is 12.8. The van der Waals surface area contributed by atoms with Crippen LogP contribution in [-0.4, -0.2) is 24.0 Å². The average Bonchev–Trinajstić information content (AvgIpc) is 3.31. The smallest absolute Gasteiger partial charge is 0.163 e. The second kappa shape index (κ2) is 14.3. The second-order valence-electron chi connectivity index (χ2n) is 13.2. The van der Waals surface area contributed by atoms with E-state index in [9.17, 15) is 14.4 Å². The van der Waals surface area contributed by atoms with Crippen molar-refractivity contribution in [3.63, 3.8) is 0 Å². The van der Waals surface area contributed by atoms with Crippen molar-refractivity contribution >= 4 is 17.3 Å². The van der Waals surface area contributed by atoms with Gasteiger partial charge in [-0.05, 0) is 92.2 Å². The Balaban J connectivity index is 1.54. The van der Waals surface area contributed by atoms with Gasteiger partial charge < -0.3 is 4.74 Å². The fourth-order valence-electron chi connectivity index (χ4n) is 7.06. The number of ketones is 3. The molecule has 1 aliphatic carbocycles. The van der Waals surface area contributed by atoms with Crippen LogP contribution in [0.1, 0.15) is 86.0 Å². The summed E-state index contributed by atoms with van der Waals surface area (Å²) in [5.41, 5.74) is 4.77. The molecule has 228 valence electrons. The molecule has 0 N–H and O–H groups in total. The van der Waals surface area contributed by atoms with E-state index in [4.69, 9.17) is 4.74 Å². The first kappa shape index (κ1) is 32.4. The second-order valence-corrected chi connectivity index (χ2v) is 13.2. The third-order valence-electron chi connectivity index (χ3n) is 9.78. The molecule has 0 amide bonds. The fraction of sp³-hybridized carbons (Fsp3) is 0.462. The molecule has 4 heteroatoms. The van der Waals surface area contributed by atoms with Crippen molar-refractivity contribution in [2.24, 2.45) is 29.1 Å². The molecule has 3 aromatic carbocycles. The van der Waals surface area contributed by atoms with Gasteiger partial charge in [0.15, 0.2) is 5.78 Å². The highest BCUT2D eigenvalue weighted by Crippen LogP contribution is 2.49. The molecule has 0 aromatic heterocycles. The summed E-state index contributed by atoms with van der Waals surface area (Å²) in [6.07, 6.45) is 3.54. The van der Waals surface area contributed by atoms with Crippen molar-refractivity contribution in [2.75, 3.05) is 6.61 Å². The van der Waals surface area contributed by atoms with Crippen molar-refractivity contribution in [1.82, 2.24) is 0 Å². The van der Waals surface area contributed by atoms with Gasteiger partial charge in [-0.15, -0.1) is 0 Å². The first-order valence-corrected chi connectivity index (χ1v) is 15.9. The number of benzene rings is 3. The topological polar surface area (TPSA) is 60.4 Å². The van der Waals surface area contributed by atoms with Crippen molar-refractivity contribution in [2.45, 2.75) is 80.1 Å². The molecule has 1 fully saturated rings. The molecule has 0 aliphatic heterocycles. The third-order valence-corrected chi connectivity index (χ3v) is 9.78. The van der Waals surface area contributed by atoms with Crippen LogP contribution < -0.4 is 4.74 Å². The lowest BCUT2D eigenvalue weighted by molar-refractivity contribution is -0.136. The van der Waals surface area contributed by atoms with Crippen LogP contribution in [0.4, 0.5) is 0 Å². The fourth-order valence-corrected chi connectivity index (χ4v) is 7.06. The van der Waals surface area contributed by atoms with Gasteiger partial charge in [-0.2, -0.15) is 0 Å². The van der Waals surface area contributed by atoms with Gasteiger partial charge in [0.1, 0.15) is 17.3 Å². The Labute approximate surface area is 258 Å². The minimum Gasteiger partial charge on any atom is -0.494 e. The van der Waals surface area contributed by atoms with Gasteiger partial charge in [0.05, 0.1) is 6.61 Å². The summed E-state index contributed by atoms with van der Waals surface area (Å²) in [4.78, 5) is 41.8. The molecule has 43 heavy (non-hydrogen) atoms. The van der Waals surface area contributed by atoms with Gasteiger partial charge in [0.25, 0.3) is 0 Å². The summed E-state index contributed by atoms with van der Waals surface area (Å²) < 4.78 is 5.64. The lowest BCUT2D eigenvalue weighted by Crippen LogP contribution is -2.38. The number of hydrogen-bond acceptors (Lipinski definition) is 4. The van der Waals surface area contributed by atoms with Gasteiger partial charge in [0, 0.05) is 36.2 Å². The van der Waals surface area contributed by atoms with Crippen LogP contribution in [-0.2, 0) is 22.4 Å². The van der Waals surface area contributed by atoms with Crippen LogP contribution in [0, 0.1) is 42.9 Å². The van der Waals surface area contributed by atoms with E-state index in [0.717, 1.165) is 46.4 Å². The van der Waals surface area contributed by atoms with Crippen LogP contribution >= 0.6 is 0 Å². The molecule has 1 saturated carbocycles. The van der Waals surface area contributed by atoms with Crippen LogP contribution in [0.5, 0.6) is 5.75 Å². The predicted octanol–water partition coefficient (Wildman–Crippen LogP) is 8.59. The number of aryl methyl sites for hydroxylation is 2. The monoisotopic (exact) mass is 580 g/mol. The number of carbonyl (C=O) groups excluding carboxylic acids is 3. The van der Waals surface area contributed by atoms with Gasteiger partial charge >= 0.3 is 0 Å². The van der Waals surface area contributed by atoms with Crippen LogP contribution in [0.15, 0.2) is 72.8 Å². The lowest BCUT2D eigenvalue weighted by atomic mass is 9.70. The van der Waals surface area contributed by atoms with Gasteiger partial charge in [-0.3, -0.25) is 14.4 Å². The number of carbonyl (C=O) groups is 3. The van der Waals surface area contributed by atoms with E-state index in [0.29, 0.717) is 32.3 Å². The highest BCUT2D eigenvalue weighted by molar-refractivity contribution is 5.98. The Morgan fingerprint density at radius 3 is 2.35 bits per heavy atom. The molecule has 4 nitrogen and oxygen atoms in total. The Morgan fingerprint density at radius 1 is 0.930 bits per heavy atom. The van der Waals surface area contributed by atoms with E-state index in [1.807, 2.05) is 88.4 Å². The molecule has 1 aliphatic rings. The average molecular weight is 581 g/mol. The molecule has 0 heterocycles. The summed E-state index contributed by atoms with van der Waals surface area (Å²) in [5, 5.41) is 0. The Hall–Kier alpha value is -3.53. The van der Waals surface area contributed by atoms with Crippen LogP contribution in [0.3, 0.4) is 0 Å². The number of ether oxygens (including phenoxy) is 1. The van der Waals surface area contributed by atoms with E-state index in [-0.39, 0.29) is 46.4 Å². The SMILES string of the molecule is CCOc1cccc(CCC(=O)C2C(C(=O)C(C)C(CC(=O)c3cccc(C)c3C)Cc3ccccc3)CCC2(C)C)c1. The molecular weight excluding hydrogens is 532 g/mol. The first-order valence-electron chi connectivity index (χ1n) is 15.9. The van der Waals surface area contributed by atoms with Crippen molar-refractivity contribution in [3.05, 3.63) is 101 Å². The molecule has 4 atom stereocenters.